The molecular formula is C17H24Cl2N4O. The van der Waals surface area contributed by atoms with Crippen molar-refractivity contribution < 1.29 is 4.79 Å². The Hall–Kier alpha value is -1.56. The van der Waals surface area contributed by atoms with Gasteiger partial charge < -0.3 is 11.1 Å². The summed E-state index contributed by atoms with van der Waals surface area (Å²) in [7, 11) is 0. The van der Waals surface area contributed by atoms with Crippen LogP contribution in [-0.2, 0) is 0 Å². The molecule has 0 aliphatic carbocycles. The zero-order valence-corrected chi connectivity index (χ0v) is 15.9. The van der Waals surface area contributed by atoms with Gasteiger partial charge in [0.1, 0.15) is 0 Å². The molecule has 0 saturated heterocycles. The fourth-order valence-corrected chi connectivity index (χ4v) is 2.49. The van der Waals surface area contributed by atoms with Crippen molar-refractivity contribution in [2.45, 2.75) is 39.2 Å². The normalized spacial score (nSPS) is 11.3. The summed E-state index contributed by atoms with van der Waals surface area (Å²) in [6.45, 7) is 8.19. The van der Waals surface area contributed by atoms with Gasteiger partial charge in [0.2, 0.25) is 0 Å². The van der Waals surface area contributed by atoms with E-state index in [9.17, 15) is 4.79 Å². The van der Waals surface area contributed by atoms with Crippen molar-refractivity contribution in [2.75, 3.05) is 6.54 Å². The highest BCUT2D eigenvalue weighted by atomic mass is 35.5. The number of nitrogens with zero attached hydrogens (tertiary/aromatic N) is 2. The van der Waals surface area contributed by atoms with Crippen LogP contribution in [0.25, 0.3) is 5.69 Å². The molecule has 7 heteroatoms. The summed E-state index contributed by atoms with van der Waals surface area (Å²) in [4.78, 5) is 12.5. The summed E-state index contributed by atoms with van der Waals surface area (Å²) in [5.41, 5.74) is 7.70. The van der Waals surface area contributed by atoms with E-state index in [1.807, 2.05) is 45.9 Å². The lowest BCUT2D eigenvalue weighted by Crippen LogP contribution is -2.45. The Balaban J connectivity index is 0.00000288. The van der Waals surface area contributed by atoms with Crippen LogP contribution < -0.4 is 11.1 Å². The minimum atomic E-state index is -0.462. The fraction of sp³-hybridized carbons (Fsp3) is 0.412. The lowest BCUT2D eigenvalue weighted by atomic mass is 10.0. The number of halogens is 2. The van der Waals surface area contributed by atoms with Gasteiger partial charge in [-0.15, -0.1) is 12.4 Å². The number of amides is 1. The van der Waals surface area contributed by atoms with Crippen molar-refractivity contribution >= 4 is 29.9 Å². The number of benzene rings is 1. The van der Waals surface area contributed by atoms with Crippen LogP contribution in [0.4, 0.5) is 0 Å². The molecule has 0 fully saturated rings. The third kappa shape index (κ3) is 4.97. The van der Waals surface area contributed by atoms with E-state index < -0.39 is 5.54 Å². The topological polar surface area (TPSA) is 72.9 Å². The van der Waals surface area contributed by atoms with Crippen molar-refractivity contribution in [3.63, 3.8) is 0 Å². The highest BCUT2D eigenvalue weighted by molar-refractivity contribution is 6.30. The first-order chi connectivity index (χ1) is 10.7. The van der Waals surface area contributed by atoms with Gasteiger partial charge in [-0.3, -0.25) is 4.79 Å². The van der Waals surface area contributed by atoms with E-state index in [0.29, 0.717) is 17.1 Å². The lowest BCUT2D eigenvalue weighted by molar-refractivity contribution is 0.0944. The van der Waals surface area contributed by atoms with Crippen molar-refractivity contribution in [2.24, 2.45) is 5.73 Å². The van der Waals surface area contributed by atoms with Crippen molar-refractivity contribution in [1.82, 2.24) is 15.1 Å². The van der Waals surface area contributed by atoms with Gasteiger partial charge in [0, 0.05) is 17.1 Å². The molecule has 2 rings (SSSR count). The summed E-state index contributed by atoms with van der Waals surface area (Å²) in [5.74, 6) is -0.0383. The molecular weight excluding hydrogens is 347 g/mol. The molecule has 132 valence electrons. The monoisotopic (exact) mass is 370 g/mol. The van der Waals surface area contributed by atoms with Crippen LogP contribution in [-0.4, -0.2) is 27.8 Å². The molecule has 1 aromatic carbocycles. The van der Waals surface area contributed by atoms with Gasteiger partial charge in [-0.25, -0.2) is 4.68 Å². The van der Waals surface area contributed by atoms with Gasteiger partial charge in [-0.1, -0.05) is 31.5 Å². The van der Waals surface area contributed by atoms with Gasteiger partial charge in [-0.2, -0.15) is 5.10 Å². The quantitative estimate of drug-likeness (QED) is 0.844. The molecule has 1 heterocycles. The third-order valence-electron chi connectivity index (χ3n) is 3.36. The maximum absolute atomic E-state index is 12.5. The van der Waals surface area contributed by atoms with Crippen molar-refractivity contribution in [1.29, 1.82) is 0 Å². The average Bonchev–Trinajstić information content (AvgIpc) is 2.89. The summed E-state index contributed by atoms with van der Waals surface area (Å²) in [6.07, 6.45) is 1.59. The molecule has 0 unspecified atom stereocenters. The number of hydrogen-bond donors (Lipinski definition) is 2. The summed E-state index contributed by atoms with van der Waals surface area (Å²) < 4.78 is 1.76. The zero-order chi connectivity index (χ0) is 17.2. The highest BCUT2D eigenvalue weighted by Gasteiger charge is 2.22. The number of nitrogens with one attached hydrogen (secondary N) is 1. The second kappa shape index (κ2) is 8.01. The van der Waals surface area contributed by atoms with E-state index in [1.54, 1.807) is 16.9 Å². The summed E-state index contributed by atoms with van der Waals surface area (Å²) >= 11 is 6.06. The molecule has 2 aromatic rings. The first-order valence-electron chi connectivity index (χ1n) is 7.60. The first kappa shape index (κ1) is 20.5. The van der Waals surface area contributed by atoms with Crippen LogP contribution in [0.5, 0.6) is 0 Å². The molecule has 0 aliphatic rings. The molecule has 24 heavy (non-hydrogen) atoms. The largest absolute Gasteiger partial charge is 0.350 e. The lowest BCUT2D eigenvalue weighted by Gasteiger charge is -2.19. The Morgan fingerprint density at radius 3 is 2.62 bits per heavy atom. The van der Waals surface area contributed by atoms with E-state index in [1.165, 1.54) is 0 Å². The van der Waals surface area contributed by atoms with E-state index >= 15 is 0 Å². The van der Waals surface area contributed by atoms with Crippen LogP contribution in [0.15, 0.2) is 30.5 Å². The molecule has 0 aliphatic heterocycles. The van der Waals surface area contributed by atoms with Gasteiger partial charge in [0.05, 0.1) is 23.1 Å². The van der Waals surface area contributed by atoms with E-state index in [-0.39, 0.29) is 24.2 Å². The average molecular weight is 371 g/mol. The molecule has 5 nitrogen and oxygen atoms in total. The third-order valence-corrected chi connectivity index (χ3v) is 3.59. The summed E-state index contributed by atoms with van der Waals surface area (Å²) in [6, 6.07) is 7.40. The van der Waals surface area contributed by atoms with Gasteiger partial charge >= 0.3 is 0 Å². The van der Waals surface area contributed by atoms with Gasteiger partial charge in [0.15, 0.2) is 0 Å². The van der Waals surface area contributed by atoms with Crippen LogP contribution in [0, 0.1) is 0 Å². The van der Waals surface area contributed by atoms with E-state index in [0.717, 1.165) is 11.4 Å². The van der Waals surface area contributed by atoms with Crippen LogP contribution in [0.1, 0.15) is 49.7 Å². The predicted molar refractivity (Wildman–Crippen MR) is 101 cm³/mol. The second-order valence-electron chi connectivity index (χ2n) is 6.66. The molecule has 0 atom stereocenters. The van der Waals surface area contributed by atoms with Crippen LogP contribution in [0.3, 0.4) is 0 Å². The number of hydrogen-bond acceptors (Lipinski definition) is 3. The van der Waals surface area contributed by atoms with Gasteiger partial charge in [0.25, 0.3) is 5.91 Å². The number of carbonyl (C=O) groups is 1. The molecule has 0 radical (unpaired) electrons. The standard InChI is InChI=1S/C17H23ClN4O.ClH/c1-11(2)15-14(16(23)20-10-17(3,4)19)9-21-22(15)13-7-5-6-12(18)8-13;/h5-9,11H,10,19H2,1-4H3,(H,20,23);1H. The molecule has 1 amide bonds. The Morgan fingerprint density at radius 2 is 2.08 bits per heavy atom. The maximum Gasteiger partial charge on any atom is 0.254 e. The van der Waals surface area contributed by atoms with Gasteiger partial charge in [-0.05, 0) is 38.0 Å². The molecule has 0 spiro atoms. The summed E-state index contributed by atoms with van der Waals surface area (Å²) in [5, 5.41) is 7.88. The number of carbonyl (C=O) groups excluding carboxylic acids is 1. The predicted octanol–water partition coefficient (Wildman–Crippen LogP) is 3.54. The van der Waals surface area contributed by atoms with Crippen LogP contribution >= 0.6 is 24.0 Å². The maximum atomic E-state index is 12.5. The molecule has 0 bridgehead atoms. The number of aromatic nitrogens is 2. The Morgan fingerprint density at radius 1 is 1.42 bits per heavy atom. The number of nitrogens with two attached hydrogens (primary N) is 1. The molecule has 0 saturated carbocycles. The smallest absolute Gasteiger partial charge is 0.254 e. The Kier molecular flexibility index (Phi) is 6.84. The fourth-order valence-electron chi connectivity index (χ4n) is 2.31. The SMILES string of the molecule is CC(C)c1c(C(=O)NCC(C)(C)N)cnn1-c1cccc(Cl)c1.Cl. The highest BCUT2D eigenvalue weighted by Crippen LogP contribution is 2.24. The number of rotatable bonds is 5. The zero-order valence-electron chi connectivity index (χ0n) is 14.3. The Bertz CT molecular complexity index is 705. The first-order valence-corrected chi connectivity index (χ1v) is 7.98. The van der Waals surface area contributed by atoms with Crippen LogP contribution in [0.2, 0.25) is 5.02 Å². The van der Waals surface area contributed by atoms with Crippen molar-refractivity contribution in [3.8, 4) is 5.69 Å². The van der Waals surface area contributed by atoms with Crippen molar-refractivity contribution in [3.05, 3.63) is 46.7 Å². The minimum Gasteiger partial charge on any atom is -0.350 e. The van der Waals surface area contributed by atoms with E-state index in [2.05, 4.69) is 10.4 Å². The Labute approximate surface area is 154 Å². The minimum absolute atomic E-state index is 0. The van der Waals surface area contributed by atoms with E-state index in [4.69, 9.17) is 17.3 Å². The second-order valence-corrected chi connectivity index (χ2v) is 7.10. The molecule has 1 aromatic heterocycles. The molecule has 3 N–H and O–H groups in total.